The fourth-order valence-electron chi connectivity index (χ4n) is 3.05. The molecule has 1 heterocycles. The third-order valence-corrected chi connectivity index (χ3v) is 3.82. The average molecular weight is 240 g/mol. The van der Waals surface area contributed by atoms with Crippen molar-refractivity contribution in [3.63, 3.8) is 0 Å². The first-order valence-electron chi connectivity index (χ1n) is 6.75. The van der Waals surface area contributed by atoms with Crippen molar-refractivity contribution in [2.45, 2.75) is 57.1 Å². The first-order chi connectivity index (χ1) is 8.32. The van der Waals surface area contributed by atoms with Crippen LogP contribution in [0.2, 0.25) is 0 Å². The summed E-state index contributed by atoms with van der Waals surface area (Å²) >= 11 is 0. The van der Waals surface area contributed by atoms with Crippen LogP contribution in [0.25, 0.3) is 0 Å². The van der Waals surface area contributed by atoms with Gasteiger partial charge in [-0.05, 0) is 38.7 Å². The summed E-state index contributed by atoms with van der Waals surface area (Å²) in [6.45, 7) is 3.57. The second-order valence-electron chi connectivity index (χ2n) is 4.90. The number of ether oxygens (including phenoxy) is 2. The summed E-state index contributed by atoms with van der Waals surface area (Å²) in [5.41, 5.74) is 2.76. The standard InChI is InChI=1S/C13H24N2O2/c1-2-17-13(8-4-5-9-13)12(15-14)11-7-3-6-10-16-11/h7,12,15H,2-6,8-10,14H2,1H3. The van der Waals surface area contributed by atoms with Crippen LogP contribution >= 0.6 is 0 Å². The molecular weight excluding hydrogens is 216 g/mol. The maximum Gasteiger partial charge on any atom is 0.113 e. The molecule has 1 saturated carbocycles. The van der Waals surface area contributed by atoms with Crippen LogP contribution in [0.1, 0.15) is 45.4 Å². The second kappa shape index (κ2) is 5.85. The van der Waals surface area contributed by atoms with Gasteiger partial charge in [-0.1, -0.05) is 12.8 Å². The number of hydrazine groups is 1. The Morgan fingerprint density at radius 3 is 2.76 bits per heavy atom. The van der Waals surface area contributed by atoms with Crippen molar-refractivity contribution in [1.82, 2.24) is 5.43 Å². The van der Waals surface area contributed by atoms with Crippen LogP contribution in [0.5, 0.6) is 0 Å². The molecule has 17 heavy (non-hydrogen) atoms. The quantitative estimate of drug-likeness (QED) is 0.569. The van der Waals surface area contributed by atoms with Gasteiger partial charge in [0.2, 0.25) is 0 Å². The van der Waals surface area contributed by atoms with Crippen molar-refractivity contribution in [1.29, 1.82) is 0 Å². The highest BCUT2D eigenvalue weighted by atomic mass is 16.5. The van der Waals surface area contributed by atoms with Gasteiger partial charge in [-0.2, -0.15) is 0 Å². The second-order valence-corrected chi connectivity index (χ2v) is 4.90. The summed E-state index contributed by atoms with van der Waals surface area (Å²) in [7, 11) is 0. The van der Waals surface area contributed by atoms with Crippen molar-refractivity contribution in [3.05, 3.63) is 11.8 Å². The molecule has 1 aliphatic carbocycles. The molecule has 0 aromatic carbocycles. The fraction of sp³-hybridized carbons (Fsp3) is 0.846. The number of hydrogen-bond acceptors (Lipinski definition) is 4. The van der Waals surface area contributed by atoms with Crippen LogP contribution in [0.3, 0.4) is 0 Å². The lowest BCUT2D eigenvalue weighted by Crippen LogP contribution is -2.55. The average Bonchev–Trinajstić information content (AvgIpc) is 2.81. The third-order valence-electron chi connectivity index (χ3n) is 3.82. The van der Waals surface area contributed by atoms with E-state index < -0.39 is 0 Å². The molecule has 2 rings (SSSR count). The van der Waals surface area contributed by atoms with Crippen molar-refractivity contribution >= 4 is 0 Å². The van der Waals surface area contributed by atoms with Crippen LogP contribution in [0.15, 0.2) is 11.8 Å². The zero-order valence-corrected chi connectivity index (χ0v) is 10.7. The van der Waals surface area contributed by atoms with Crippen LogP contribution in [-0.4, -0.2) is 24.9 Å². The molecule has 0 bridgehead atoms. The Morgan fingerprint density at radius 2 is 2.24 bits per heavy atom. The predicted octanol–water partition coefficient (Wildman–Crippen LogP) is 1.86. The van der Waals surface area contributed by atoms with Gasteiger partial charge in [0.25, 0.3) is 0 Å². The number of allylic oxidation sites excluding steroid dienone is 1. The molecule has 4 nitrogen and oxygen atoms in total. The lowest BCUT2D eigenvalue weighted by Gasteiger charge is -2.38. The van der Waals surface area contributed by atoms with Crippen LogP contribution in [-0.2, 0) is 9.47 Å². The summed E-state index contributed by atoms with van der Waals surface area (Å²) in [5.74, 6) is 6.73. The van der Waals surface area contributed by atoms with E-state index in [-0.39, 0.29) is 11.6 Å². The Hall–Kier alpha value is -0.580. The predicted molar refractivity (Wildman–Crippen MR) is 67.2 cm³/mol. The van der Waals surface area contributed by atoms with E-state index in [0.717, 1.165) is 44.7 Å². The molecule has 0 aromatic heterocycles. The molecule has 1 atom stereocenters. The fourth-order valence-corrected chi connectivity index (χ4v) is 3.05. The van der Waals surface area contributed by atoms with Crippen LogP contribution in [0.4, 0.5) is 0 Å². The molecule has 98 valence electrons. The minimum atomic E-state index is -0.160. The van der Waals surface area contributed by atoms with Crippen molar-refractivity contribution in [2.75, 3.05) is 13.2 Å². The van der Waals surface area contributed by atoms with E-state index in [9.17, 15) is 0 Å². The van der Waals surface area contributed by atoms with Gasteiger partial charge in [-0.3, -0.25) is 5.84 Å². The highest BCUT2D eigenvalue weighted by Crippen LogP contribution is 2.39. The van der Waals surface area contributed by atoms with E-state index in [0.29, 0.717) is 0 Å². The molecule has 2 aliphatic rings. The van der Waals surface area contributed by atoms with E-state index in [1.54, 1.807) is 0 Å². The first kappa shape index (κ1) is 12.9. The minimum Gasteiger partial charge on any atom is -0.496 e. The van der Waals surface area contributed by atoms with Gasteiger partial charge in [-0.15, -0.1) is 0 Å². The number of nitrogens with one attached hydrogen (secondary N) is 1. The Bertz CT molecular complexity index is 273. The highest BCUT2D eigenvalue weighted by molar-refractivity contribution is 5.14. The number of nitrogens with two attached hydrogens (primary N) is 1. The molecule has 3 N–H and O–H groups in total. The molecule has 1 unspecified atom stereocenters. The summed E-state index contributed by atoms with van der Waals surface area (Å²) < 4.78 is 11.8. The van der Waals surface area contributed by atoms with Crippen molar-refractivity contribution in [3.8, 4) is 0 Å². The lowest BCUT2D eigenvalue weighted by molar-refractivity contribution is -0.0654. The summed E-state index contributed by atoms with van der Waals surface area (Å²) in [6.07, 6.45) is 8.90. The molecule has 1 aliphatic heterocycles. The van der Waals surface area contributed by atoms with Gasteiger partial charge < -0.3 is 9.47 Å². The Labute approximate surface area is 104 Å². The maximum absolute atomic E-state index is 6.03. The SMILES string of the molecule is CCOC1(C(NN)C2=CCCCO2)CCCC1. The van der Waals surface area contributed by atoms with Gasteiger partial charge in [0.05, 0.1) is 12.2 Å². The topological polar surface area (TPSA) is 56.5 Å². The molecule has 0 aromatic rings. The number of hydrogen-bond donors (Lipinski definition) is 2. The number of rotatable bonds is 5. The lowest BCUT2D eigenvalue weighted by atomic mass is 9.89. The van der Waals surface area contributed by atoms with Crippen molar-refractivity contribution < 1.29 is 9.47 Å². The molecular formula is C13H24N2O2. The van der Waals surface area contributed by atoms with Crippen molar-refractivity contribution in [2.24, 2.45) is 5.84 Å². The largest absolute Gasteiger partial charge is 0.496 e. The summed E-state index contributed by atoms with van der Waals surface area (Å²) in [4.78, 5) is 0. The molecule has 0 spiro atoms. The normalized spacial score (nSPS) is 25.2. The molecule has 1 fully saturated rings. The van der Waals surface area contributed by atoms with Gasteiger partial charge in [0.1, 0.15) is 11.8 Å². The molecule has 0 amide bonds. The molecule has 0 radical (unpaired) electrons. The van der Waals surface area contributed by atoms with E-state index >= 15 is 0 Å². The maximum atomic E-state index is 6.03. The molecule has 4 heteroatoms. The van der Waals surface area contributed by atoms with Gasteiger partial charge >= 0.3 is 0 Å². The van der Waals surface area contributed by atoms with Crippen LogP contribution in [0, 0.1) is 0 Å². The van der Waals surface area contributed by atoms with Gasteiger partial charge in [0, 0.05) is 6.61 Å². The summed E-state index contributed by atoms with van der Waals surface area (Å²) in [6, 6.07) is 0.00486. The van der Waals surface area contributed by atoms with Gasteiger partial charge in [0.15, 0.2) is 0 Å². The molecule has 0 saturated heterocycles. The summed E-state index contributed by atoms with van der Waals surface area (Å²) in [5, 5.41) is 0. The minimum absolute atomic E-state index is 0.00486. The Kier molecular flexibility index (Phi) is 4.42. The zero-order valence-electron chi connectivity index (χ0n) is 10.7. The third kappa shape index (κ3) is 2.64. The van der Waals surface area contributed by atoms with E-state index in [4.69, 9.17) is 15.3 Å². The smallest absolute Gasteiger partial charge is 0.113 e. The Balaban J connectivity index is 2.16. The first-order valence-corrected chi connectivity index (χ1v) is 6.75. The Morgan fingerprint density at radius 1 is 1.47 bits per heavy atom. The van der Waals surface area contributed by atoms with Crippen LogP contribution < -0.4 is 11.3 Å². The highest BCUT2D eigenvalue weighted by Gasteiger charge is 2.44. The van der Waals surface area contributed by atoms with E-state index in [2.05, 4.69) is 11.5 Å². The zero-order chi connectivity index (χ0) is 12.1. The van der Waals surface area contributed by atoms with E-state index in [1.165, 1.54) is 12.8 Å². The van der Waals surface area contributed by atoms with Gasteiger partial charge in [-0.25, -0.2) is 5.43 Å². The monoisotopic (exact) mass is 240 g/mol. The van der Waals surface area contributed by atoms with E-state index in [1.807, 2.05) is 6.92 Å².